The quantitative estimate of drug-likeness (QED) is 0.346. The van der Waals surface area contributed by atoms with Crippen molar-refractivity contribution in [1.29, 1.82) is 0 Å². The summed E-state index contributed by atoms with van der Waals surface area (Å²) in [4.78, 5) is 14.7. The lowest BCUT2D eigenvalue weighted by Gasteiger charge is -2.01. The highest BCUT2D eigenvalue weighted by molar-refractivity contribution is 7.85. The highest BCUT2D eigenvalue weighted by Crippen LogP contribution is 1.87. The van der Waals surface area contributed by atoms with Gasteiger partial charge in [0.1, 0.15) is 0 Å². The van der Waals surface area contributed by atoms with Crippen LogP contribution < -0.4 is 5.48 Å². The third-order valence-corrected chi connectivity index (χ3v) is 1.67. The number of carbonyl (C=O) groups is 1. The molecule has 0 rings (SSSR count). The zero-order chi connectivity index (χ0) is 9.61. The maximum Gasteiger partial charge on any atom is 0.264 e. The van der Waals surface area contributed by atoms with Crippen molar-refractivity contribution in [3.05, 3.63) is 0 Å². The first-order valence-corrected chi connectivity index (χ1v) is 4.86. The smallest absolute Gasteiger partial charge is 0.264 e. The molecule has 2 N–H and O–H groups in total. The minimum absolute atomic E-state index is 0.0549. The van der Waals surface area contributed by atoms with E-state index in [1.165, 1.54) is 6.92 Å². The van der Waals surface area contributed by atoms with Gasteiger partial charge >= 0.3 is 0 Å². The zero-order valence-electron chi connectivity index (χ0n) is 6.61. The Hall–Kier alpha value is -0.660. The third-order valence-electron chi connectivity index (χ3n) is 0.865. The lowest BCUT2D eigenvalue weighted by Crippen LogP contribution is -2.21. The second kappa shape index (κ2) is 5.07. The number of rotatable bonds is 5. The van der Waals surface area contributed by atoms with Crippen molar-refractivity contribution >= 4 is 16.0 Å². The van der Waals surface area contributed by atoms with Gasteiger partial charge in [-0.1, -0.05) is 0 Å². The molecule has 0 aliphatic rings. The number of hydroxylamine groups is 1. The topological polar surface area (TPSA) is 92.7 Å². The normalized spacial score (nSPS) is 11.2. The Morgan fingerprint density at radius 1 is 1.58 bits per heavy atom. The Balaban J connectivity index is 3.29. The van der Waals surface area contributed by atoms with Crippen molar-refractivity contribution in [3.63, 3.8) is 0 Å². The SMILES string of the molecule is CC(=O)NOCCCS(=O)(=O)O. The van der Waals surface area contributed by atoms with Crippen LogP contribution in [0.1, 0.15) is 13.3 Å². The van der Waals surface area contributed by atoms with Crippen LogP contribution in [-0.2, 0) is 19.8 Å². The molecule has 0 spiro atoms. The van der Waals surface area contributed by atoms with Gasteiger partial charge in [-0.3, -0.25) is 14.2 Å². The van der Waals surface area contributed by atoms with Crippen LogP contribution in [-0.4, -0.2) is 31.2 Å². The molecular weight excluding hydrogens is 186 g/mol. The van der Waals surface area contributed by atoms with E-state index in [2.05, 4.69) is 4.84 Å². The summed E-state index contributed by atoms with van der Waals surface area (Å²) in [6, 6.07) is 0. The average Bonchev–Trinajstić information content (AvgIpc) is 1.83. The summed E-state index contributed by atoms with van der Waals surface area (Å²) in [6.45, 7) is 1.32. The minimum atomic E-state index is -3.92. The summed E-state index contributed by atoms with van der Waals surface area (Å²) in [5.41, 5.74) is 2.02. The lowest BCUT2D eigenvalue weighted by molar-refractivity contribution is -0.131. The van der Waals surface area contributed by atoms with Gasteiger partial charge in [0.15, 0.2) is 0 Å². The number of hydrogen-bond acceptors (Lipinski definition) is 4. The van der Waals surface area contributed by atoms with Gasteiger partial charge in [-0.25, -0.2) is 5.48 Å². The molecule has 0 aliphatic carbocycles. The largest absolute Gasteiger partial charge is 0.286 e. The van der Waals surface area contributed by atoms with Crippen molar-refractivity contribution in [2.75, 3.05) is 12.4 Å². The number of amides is 1. The van der Waals surface area contributed by atoms with Crippen molar-refractivity contribution in [2.24, 2.45) is 0 Å². The van der Waals surface area contributed by atoms with E-state index in [9.17, 15) is 13.2 Å². The predicted octanol–water partition coefficient (Wildman–Crippen LogP) is -0.668. The third kappa shape index (κ3) is 9.34. The molecule has 1 amide bonds. The highest BCUT2D eigenvalue weighted by atomic mass is 32.2. The van der Waals surface area contributed by atoms with Gasteiger partial charge < -0.3 is 0 Å². The lowest BCUT2D eigenvalue weighted by atomic mass is 10.5. The number of hydrogen-bond donors (Lipinski definition) is 2. The van der Waals surface area contributed by atoms with Crippen LogP contribution >= 0.6 is 0 Å². The molecule has 72 valence electrons. The summed E-state index contributed by atoms with van der Waals surface area (Å²) < 4.78 is 28.5. The fourth-order valence-corrected chi connectivity index (χ4v) is 0.949. The molecule has 6 nitrogen and oxygen atoms in total. The van der Waals surface area contributed by atoms with E-state index in [4.69, 9.17) is 4.55 Å². The van der Waals surface area contributed by atoms with Crippen LogP contribution in [0.25, 0.3) is 0 Å². The van der Waals surface area contributed by atoms with Gasteiger partial charge in [-0.05, 0) is 6.42 Å². The minimum Gasteiger partial charge on any atom is -0.286 e. The Kier molecular flexibility index (Phi) is 4.79. The zero-order valence-corrected chi connectivity index (χ0v) is 7.43. The van der Waals surface area contributed by atoms with E-state index in [0.29, 0.717) is 0 Å². The fraction of sp³-hybridized carbons (Fsp3) is 0.800. The molecule has 0 atom stereocenters. The molecule has 0 aromatic heterocycles. The first kappa shape index (κ1) is 11.3. The van der Waals surface area contributed by atoms with Gasteiger partial charge in [0.2, 0.25) is 5.91 Å². The molecule has 0 fully saturated rings. The Labute approximate surface area is 70.6 Å². The molecule has 7 heteroatoms. The molecular formula is C5H11NO5S. The van der Waals surface area contributed by atoms with E-state index in [1.54, 1.807) is 0 Å². The second-order valence-electron chi connectivity index (χ2n) is 2.15. The van der Waals surface area contributed by atoms with Crippen LogP contribution in [0.4, 0.5) is 0 Å². The second-order valence-corrected chi connectivity index (χ2v) is 3.72. The van der Waals surface area contributed by atoms with Crippen LogP contribution in [0.5, 0.6) is 0 Å². The summed E-state index contributed by atoms with van der Waals surface area (Å²) in [6.07, 6.45) is 0.138. The van der Waals surface area contributed by atoms with Crippen LogP contribution in [0.15, 0.2) is 0 Å². The Morgan fingerprint density at radius 3 is 2.58 bits per heavy atom. The summed E-state index contributed by atoms with van der Waals surface area (Å²) in [7, 11) is -3.92. The van der Waals surface area contributed by atoms with E-state index in [0.717, 1.165) is 0 Å². The van der Waals surface area contributed by atoms with Gasteiger partial charge in [0, 0.05) is 6.92 Å². The summed E-state index contributed by atoms with van der Waals surface area (Å²) in [5, 5.41) is 0. The predicted molar refractivity (Wildman–Crippen MR) is 40.8 cm³/mol. The molecule has 0 aliphatic heterocycles. The van der Waals surface area contributed by atoms with Crippen molar-refractivity contribution < 1.29 is 22.6 Å². The fourth-order valence-electron chi connectivity index (χ4n) is 0.466. The van der Waals surface area contributed by atoms with Gasteiger partial charge in [0.05, 0.1) is 12.4 Å². The molecule has 0 heterocycles. The molecule has 0 radical (unpaired) electrons. The van der Waals surface area contributed by atoms with E-state index in [1.807, 2.05) is 5.48 Å². The maximum atomic E-state index is 10.2. The summed E-state index contributed by atoms with van der Waals surface area (Å²) in [5.74, 6) is -0.728. The first-order chi connectivity index (χ1) is 5.42. The molecule has 0 aromatic rings. The van der Waals surface area contributed by atoms with Crippen molar-refractivity contribution in [2.45, 2.75) is 13.3 Å². The van der Waals surface area contributed by atoms with Crippen LogP contribution in [0.2, 0.25) is 0 Å². The number of carbonyl (C=O) groups excluding carboxylic acids is 1. The van der Waals surface area contributed by atoms with E-state index in [-0.39, 0.29) is 24.7 Å². The summed E-state index contributed by atoms with van der Waals surface area (Å²) >= 11 is 0. The van der Waals surface area contributed by atoms with Crippen LogP contribution in [0, 0.1) is 0 Å². The molecule has 12 heavy (non-hydrogen) atoms. The van der Waals surface area contributed by atoms with Crippen molar-refractivity contribution in [1.82, 2.24) is 5.48 Å². The molecule has 0 aromatic carbocycles. The molecule has 0 saturated carbocycles. The Morgan fingerprint density at radius 2 is 2.17 bits per heavy atom. The van der Waals surface area contributed by atoms with Gasteiger partial charge in [0.25, 0.3) is 10.1 Å². The first-order valence-electron chi connectivity index (χ1n) is 3.25. The van der Waals surface area contributed by atoms with Crippen LogP contribution in [0.3, 0.4) is 0 Å². The molecule has 0 bridgehead atoms. The standard InChI is InChI=1S/C5H11NO5S/c1-5(7)6-11-3-2-4-12(8,9)10/h2-4H2,1H3,(H,6,7)(H,8,9,10). The average molecular weight is 197 g/mol. The van der Waals surface area contributed by atoms with Gasteiger partial charge in [-0.15, -0.1) is 0 Å². The highest BCUT2D eigenvalue weighted by Gasteiger charge is 2.03. The Bertz CT molecular complexity index is 234. The number of nitrogens with one attached hydrogen (secondary N) is 1. The maximum absolute atomic E-state index is 10.2. The van der Waals surface area contributed by atoms with E-state index < -0.39 is 10.1 Å². The monoisotopic (exact) mass is 197 g/mol. The van der Waals surface area contributed by atoms with E-state index >= 15 is 0 Å². The molecule has 0 unspecified atom stereocenters. The van der Waals surface area contributed by atoms with Crippen molar-refractivity contribution in [3.8, 4) is 0 Å². The van der Waals surface area contributed by atoms with Gasteiger partial charge in [-0.2, -0.15) is 8.42 Å². The molecule has 0 saturated heterocycles.